The number of halogens is 2. The van der Waals surface area contributed by atoms with E-state index in [1.54, 1.807) is 25.9 Å². The molecule has 0 heterocycles. The molecule has 0 saturated heterocycles. The lowest BCUT2D eigenvalue weighted by Crippen LogP contribution is -2.45. The minimum absolute atomic E-state index is 0.401. The molecule has 3 nitrogen and oxygen atoms in total. The number of hydrogen-bond donors (Lipinski definition) is 1. The molecule has 1 aromatic carbocycles. The zero-order chi connectivity index (χ0) is 12.5. The average molecular weight is 290 g/mol. The van der Waals surface area contributed by atoms with Crippen molar-refractivity contribution in [2.45, 2.75) is 12.5 Å². The highest BCUT2D eigenvalue weighted by atomic mass is 79.9. The van der Waals surface area contributed by atoms with E-state index in [4.69, 9.17) is 0 Å². The van der Waals surface area contributed by atoms with Crippen LogP contribution < -0.4 is 0 Å². The molecule has 16 heavy (non-hydrogen) atoms. The average Bonchev–Trinajstić information content (AvgIpc) is 2.15. The van der Waals surface area contributed by atoms with Crippen molar-refractivity contribution in [3.63, 3.8) is 0 Å². The third kappa shape index (κ3) is 2.10. The van der Waals surface area contributed by atoms with Gasteiger partial charge in [-0.1, -0.05) is 22.0 Å². The second-order valence-corrected chi connectivity index (χ2v) is 4.75. The van der Waals surface area contributed by atoms with Gasteiger partial charge in [0.15, 0.2) is 0 Å². The van der Waals surface area contributed by atoms with E-state index in [9.17, 15) is 14.3 Å². The van der Waals surface area contributed by atoms with Gasteiger partial charge in [-0.25, -0.2) is 9.18 Å². The van der Waals surface area contributed by atoms with E-state index in [1.165, 1.54) is 18.2 Å². The van der Waals surface area contributed by atoms with Gasteiger partial charge in [0.25, 0.3) is 0 Å². The van der Waals surface area contributed by atoms with E-state index in [0.717, 1.165) is 0 Å². The largest absolute Gasteiger partial charge is 0.480 e. The molecule has 1 aromatic rings. The third-order valence-corrected chi connectivity index (χ3v) is 3.42. The summed E-state index contributed by atoms with van der Waals surface area (Å²) in [5, 5.41) is 9.29. The van der Waals surface area contributed by atoms with Crippen molar-refractivity contribution in [2.75, 3.05) is 14.1 Å². The Morgan fingerprint density at radius 3 is 2.44 bits per heavy atom. The van der Waals surface area contributed by atoms with Gasteiger partial charge in [-0.3, -0.25) is 4.90 Å². The van der Waals surface area contributed by atoms with Crippen LogP contribution in [0.5, 0.6) is 0 Å². The van der Waals surface area contributed by atoms with Crippen LogP contribution in [0.1, 0.15) is 12.5 Å². The molecule has 1 unspecified atom stereocenters. The lowest BCUT2D eigenvalue weighted by atomic mass is 9.91. The van der Waals surface area contributed by atoms with Gasteiger partial charge < -0.3 is 5.11 Å². The Bertz CT molecular complexity index is 422. The summed E-state index contributed by atoms with van der Waals surface area (Å²) < 4.78 is 13.4. The molecule has 0 spiro atoms. The Hall–Kier alpha value is -0.940. The third-order valence-electron chi connectivity index (χ3n) is 2.77. The first-order valence-corrected chi connectivity index (χ1v) is 5.45. The number of likely N-dealkylation sites (N-methyl/N-ethyl adjacent to an activating group) is 1. The van der Waals surface area contributed by atoms with Crippen LogP contribution in [0.3, 0.4) is 0 Å². The molecule has 0 bridgehead atoms. The number of aliphatic carboxylic acids is 1. The molecule has 0 saturated carbocycles. The summed E-state index contributed by atoms with van der Waals surface area (Å²) in [7, 11) is 3.34. The molecular weight excluding hydrogens is 277 g/mol. The standard InChI is InChI=1S/C11H13BrFNO2/c1-11(10(15)16,14(2)3)8-5-4-7(13)6-9(8)12/h4-6H,1-3H3,(H,15,16). The first-order chi connectivity index (χ1) is 7.30. The number of carboxylic acid groups (broad SMARTS) is 1. The topological polar surface area (TPSA) is 40.5 Å². The van der Waals surface area contributed by atoms with Crippen LogP contribution in [0.25, 0.3) is 0 Å². The van der Waals surface area contributed by atoms with E-state index in [1.807, 2.05) is 0 Å². The fourth-order valence-corrected chi connectivity index (χ4v) is 2.17. The highest BCUT2D eigenvalue weighted by molar-refractivity contribution is 9.10. The zero-order valence-corrected chi connectivity index (χ0v) is 10.9. The van der Waals surface area contributed by atoms with Crippen molar-refractivity contribution >= 4 is 21.9 Å². The van der Waals surface area contributed by atoms with Crippen molar-refractivity contribution in [1.82, 2.24) is 4.90 Å². The Labute approximate surface area is 102 Å². The monoisotopic (exact) mass is 289 g/mol. The van der Waals surface area contributed by atoms with E-state index in [-0.39, 0.29) is 0 Å². The maximum atomic E-state index is 12.9. The molecule has 1 rings (SSSR count). The van der Waals surface area contributed by atoms with Crippen molar-refractivity contribution in [3.8, 4) is 0 Å². The van der Waals surface area contributed by atoms with E-state index < -0.39 is 17.3 Å². The number of carbonyl (C=O) groups is 1. The second-order valence-electron chi connectivity index (χ2n) is 3.90. The molecule has 0 aromatic heterocycles. The molecule has 0 amide bonds. The summed E-state index contributed by atoms with van der Waals surface area (Å²) in [6.45, 7) is 1.58. The number of carboxylic acids is 1. The van der Waals surface area contributed by atoms with Crippen molar-refractivity contribution in [2.24, 2.45) is 0 Å². The number of nitrogens with zero attached hydrogens (tertiary/aromatic N) is 1. The van der Waals surface area contributed by atoms with Gasteiger partial charge in [0, 0.05) is 4.47 Å². The summed E-state index contributed by atoms with van der Waals surface area (Å²) in [4.78, 5) is 12.9. The van der Waals surface area contributed by atoms with Gasteiger partial charge >= 0.3 is 5.97 Å². The molecule has 0 radical (unpaired) electrons. The fraction of sp³-hybridized carbons (Fsp3) is 0.364. The second kappa shape index (κ2) is 4.51. The summed E-state index contributed by atoms with van der Waals surface area (Å²) in [6, 6.07) is 4.00. The minimum Gasteiger partial charge on any atom is -0.480 e. The van der Waals surface area contributed by atoms with Crippen LogP contribution in [0, 0.1) is 5.82 Å². The molecule has 5 heteroatoms. The molecule has 0 aliphatic heterocycles. The Morgan fingerprint density at radius 2 is 2.06 bits per heavy atom. The van der Waals surface area contributed by atoms with Crippen LogP contribution in [0.4, 0.5) is 4.39 Å². The number of rotatable bonds is 3. The minimum atomic E-state index is -1.19. The predicted octanol–water partition coefficient (Wildman–Crippen LogP) is 2.45. The molecular formula is C11H13BrFNO2. The number of hydrogen-bond acceptors (Lipinski definition) is 2. The summed E-state index contributed by atoms with van der Waals surface area (Å²) in [5.74, 6) is -1.38. The SMILES string of the molecule is CN(C)C(C)(C(=O)O)c1ccc(F)cc1Br. The van der Waals surface area contributed by atoms with E-state index in [0.29, 0.717) is 10.0 Å². The van der Waals surface area contributed by atoms with E-state index in [2.05, 4.69) is 15.9 Å². The quantitative estimate of drug-likeness (QED) is 0.929. The van der Waals surface area contributed by atoms with Gasteiger partial charge in [0.1, 0.15) is 11.4 Å². The molecule has 0 fully saturated rings. The Kier molecular flexibility index (Phi) is 3.70. The lowest BCUT2D eigenvalue weighted by molar-refractivity contribution is -0.149. The summed E-state index contributed by atoms with van der Waals surface area (Å²) >= 11 is 3.19. The fourth-order valence-electron chi connectivity index (χ4n) is 1.43. The van der Waals surface area contributed by atoms with Gasteiger partial charge in [-0.15, -0.1) is 0 Å². The van der Waals surface area contributed by atoms with Crippen molar-refractivity contribution in [1.29, 1.82) is 0 Å². The highest BCUT2D eigenvalue weighted by Gasteiger charge is 2.39. The van der Waals surface area contributed by atoms with Gasteiger partial charge in [-0.05, 0) is 38.7 Å². The van der Waals surface area contributed by atoms with Gasteiger partial charge in [0.2, 0.25) is 0 Å². The van der Waals surface area contributed by atoms with Gasteiger partial charge in [-0.2, -0.15) is 0 Å². The number of benzene rings is 1. The summed E-state index contributed by atoms with van der Waals surface area (Å²) in [6.07, 6.45) is 0. The highest BCUT2D eigenvalue weighted by Crippen LogP contribution is 2.32. The maximum absolute atomic E-state index is 12.9. The van der Waals surface area contributed by atoms with Crippen LogP contribution in [0.2, 0.25) is 0 Å². The van der Waals surface area contributed by atoms with E-state index >= 15 is 0 Å². The Morgan fingerprint density at radius 1 is 1.50 bits per heavy atom. The predicted molar refractivity (Wildman–Crippen MR) is 62.8 cm³/mol. The van der Waals surface area contributed by atoms with Crippen molar-refractivity contribution in [3.05, 3.63) is 34.1 Å². The molecule has 1 atom stereocenters. The normalized spacial score (nSPS) is 14.9. The lowest BCUT2D eigenvalue weighted by Gasteiger charge is -2.33. The molecule has 0 aliphatic carbocycles. The van der Waals surface area contributed by atoms with Gasteiger partial charge in [0.05, 0.1) is 0 Å². The van der Waals surface area contributed by atoms with Crippen LogP contribution in [-0.4, -0.2) is 30.1 Å². The maximum Gasteiger partial charge on any atom is 0.328 e. The summed E-state index contributed by atoms with van der Waals surface area (Å²) in [5.41, 5.74) is -0.668. The van der Waals surface area contributed by atoms with Crippen LogP contribution in [-0.2, 0) is 10.3 Å². The Balaban J connectivity index is 3.38. The first kappa shape index (κ1) is 13.1. The van der Waals surface area contributed by atoms with Crippen molar-refractivity contribution < 1.29 is 14.3 Å². The first-order valence-electron chi connectivity index (χ1n) is 4.66. The molecule has 88 valence electrons. The zero-order valence-electron chi connectivity index (χ0n) is 9.29. The van der Waals surface area contributed by atoms with Crippen LogP contribution in [0.15, 0.2) is 22.7 Å². The van der Waals surface area contributed by atoms with Crippen LogP contribution >= 0.6 is 15.9 Å². The molecule has 0 aliphatic rings. The molecule has 1 N–H and O–H groups in total. The smallest absolute Gasteiger partial charge is 0.328 e.